The van der Waals surface area contributed by atoms with Crippen molar-refractivity contribution in [2.45, 2.75) is 157 Å². The molecule has 1 rings (SSSR count). The summed E-state index contributed by atoms with van der Waals surface area (Å²) < 4.78 is 33.7. The van der Waals surface area contributed by atoms with Crippen LogP contribution in [0.15, 0.2) is 0 Å². The second-order valence-corrected chi connectivity index (χ2v) is 13.3. The molecule has 12 nitrogen and oxygen atoms in total. The summed E-state index contributed by atoms with van der Waals surface area (Å²) in [6, 6.07) is 0. The Morgan fingerprint density at radius 2 is 0.389 bits per heavy atom. The van der Waals surface area contributed by atoms with Crippen LogP contribution in [0.1, 0.15) is 219 Å². The van der Waals surface area contributed by atoms with E-state index in [-0.39, 0.29) is 39.6 Å². The number of hydrogen-bond acceptors (Lipinski definition) is 12. The minimum absolute atomic E-state index is 0.0858. The summed E-state index contributed by atoms with van der Waals surface area (Å²) in [5, 5.41) is 0. The lowest BCUT2D eigenvalue weighted by molar-refractivity contribution is 0.0386. The van der Waals surface area contributed by atoms with Gasteiger partial charge in [-0.25, -0.2) is 28.8 Å². The van der Waals surface area contributed by atoms with E-state index in [1.165, 1.54) is 0 Å². The largest absolute Gasteiger partial charge is 0.462 e. The van der Waals surface area contributed by atoms with Crippen molar-refractivity contribution in [2.75, 3.05) is 39.6 Å². The lowest BCUT2D eigenvalue weighted by Crippen LogP contribution is -2.32. The summed E-state index contributed by atoms with van der Waals surface area (Å²) >= 11 is 0. The second-order valence-electron chi connectivity index (χ2n) is 13.3. The lowest BCUT2D eigenvalue weighted by Gasteiger charge is -2.23. The van der Waals surface area contributed by atoms with Crippen molar-refractivity contribution < 1.29 is 57.2 Å². The van der Waals surface area contributed by atoms with Gasteiger partial charge in [0.1, 0.15) is 0 Å². The van der Waals surface area contributed by atoms with Gasteiger partial charge in [0.05, 0.1) is 73.0 Å². The van der Waals surface area contributed by atoms with E-state index in [1.54, 1.807) is 0 Å². The molecular formula is C42H66O12. The Bertz CT molecular complexity index is 1040. The summed E-state index contributed by atoms with van der Waals surface area (Å²) in [5.74, 6) is -7.03. The maximum Gasteiger partial charge on any atom is 0.339 e. The van der Waals surface area contributed by atoms with Gasteiger partial charge in [-0.15, -0.1) is 0 Å². The maximum atomic E-state index is 14.2. The molecule has 306 valence electrons. The molecule has 0 spiro atoms. The van der Waals surface area contributed by atoms with Crippen LogP contribution in [0.25, 0.3) is 0 Å². The van der Waals surface area contributed by atoms with Gasteiger partial charge in [-0.05, 0) is 38.5 Å². The summed E-state index contributed by atoms with van der Waals surface area (Å²) in [6.45, 7) is 11.3. The molecule has 0 aromatic heterocycles. The number of hydrogen-bond donors (Lipinski definition) is 0. The fourth-order valence-electron chi connectivity index (χ4n) is 5.51. The first-order chi connectivity index (χ1) is 26.2. The molecule has 1 aromatic rings. The van der Waals surface area contributed by atoms with Gasteiger partial charge in [0.25, 0.3) is 0 Å². The Balaban J connectivity index is 4.44. The molecule has 0 saturated heterocycles. The van der Waals surface area contributed by atoms with Crippen LogP contribution in [-0.2, 0) is 28.4 Å². The van der Waals surface area contributed by atoms with Crippen molar-refractivity contribution in [3.05, 3.63) is 33.4 Å². The minimum Gasteiger partial charge on any atom is -0.462 e. The Kier molecular flexibility index (Phi) is 26.2. The van der Waals surface area contributed by atoms with Crippen molar-refractivity contribution >= 4 is 35.8 Å². The third-order valence-electron chi connectivity index (χ3n) is 8.61. The Morgan fingerprint density at radius 3 is 0.500 bits per heavy atom. The van der Waals surface area contributed by atoms with Gasteiger partial charge >= 0.3 is 35.8 Å². The van der Waals surface area contributed by atoms with Gasteiger partial charge in [-0.3, -0.25) is 0 Å². The first kappa shape index (κ1) is 48.1. The van der Waals surface area contributed by atoms with Crippen molar-refractivity contribution in [1.82, 2.24) is 0 Å². The molecule has 0 aliphatic rings. The number of ether oxygens (including phenoxy) is 6. The maximum absolute atomic E-state index is 14.2. The summed E-state index contributed by atoms with van der Waals surface area (Å²) in [4.78, 5) is 85.4. The SMILES string of the molecule is CCCCCOC(=O)c1c(C(=O)OCCCCC)c(C(=O)OCCCCC)c(C(=O)OCCCCC)c(C(=O)OCCCCC)c1C(=O)OCCCCC. The molecule has 0 fully saturated rings. The molecule has 0 heterocycles. The zero-order chi connectivity index (χ0) is 40.1. The zero-order valence-corrected chi connectivity index (χ0v) is 33.9. The fraction of sp³-hybridized carbons (Fsp3) is 0.714. The average molecular weight is 763 g/mol. The molecule has 0 N–H and O–H groups in total. The van der Waals surface area contributed by atoms with Crippen LogP contribution in [0, 0.1) is 0 Å². The average Bonchev–Trinajstić information content (AvgIpc) is 3.17. The van der Waals surface area contributed by atoms with Crippen LogP contribution in [-0.4, -0.2) is 75.5 Å². The first-order valence-electron chi connectivity index (χ1n) is 20.4. The van der Waals surface area contributed by atoms with Crippen molar-refractivity contribution in [1.29, 1.82) is 0 Å². The number of benzene rings is 1. The summed E-state index contributed by atoms with van der Waals surface area (Å²) in [6.07, 6.45) is 12.1. The van der Waals surface area contributed by atoms with E-state index in [9.17, 15) is 28.8 Å². The van der Waals surface area contributed by atoms with E-state index in [2.05, 4.69) is 0 Å². The van der Waals surface area contributed by atoms with E-state index in [1.807, 2.05) is 41.5 Å². The highest BCUT2D eigenvalue weighted by Gasteiger charge is 2.43. The lowest BCUT2D eigenvalue weighted by atomic mass is 9.85. The van der Waals surface area contributed by atoms with Crippen LogP contribution in [0.2, 0.25) is 0 Å². The van der Waals surface area contributed by atoms with Gasteiger partial charge in [-0.1, -0.05) is 119 Å². The molecule has 1 aromatic carbocycles. The highest BCUT2D eigenvalue weighted by Crippen LogP contribution is 2.34. The molecule has 54 heavy (non-hydrogen) atoms. The third kappa shape index (κ3) is 16.6. The van der Waals surface area contributed by atoms with Gasteiger partial charge < -0.3 is 28.4 Å². The summed E-state index contributed by atoms with van der Waals surface area (Å²) in [7, 11) is 0. The van der Waals surface area contributed by atoms with E-state index in [0.29, 0.717) is 38.5 Å². The normalized spacial score (nSPS) is 10.8. The van der Waals surface area contributed by atoms with Crippen LogP contribution >= 0.6 is 0 Å². The van der Waals surface area contributed by atoms with Crippen LogP contribution in [0.5, 0.6) is 0 Å². The molecule has 0 unspecified atom stereocenters. The number of esters is 6. The van der Waals surface area contributed by atoms with E-state index >= 15 is 0 Å². The number of unbranched alkanes of at least 4 members (excludes halogenated alkanes) is 12. The molecule has 0 aliphatic heterocycles. The molecule has 0 saturated carbocycles. The number of carbonyl (C=O) groups excluding carboxylic acids is 6. The van der Waals surface area contributed by atoms with Crippen molar-refractivity contribution in [3.8, 4) is 0 Å². The monoisotopic (exact) mass is 762 g/mol. The van der Waals surface area contributed by atoms with Gasteiger partial charge in [0.15, 0.2) is 0 Å². The molecule has 0 atom stereocenters. The quantitative estimate of drug-likeness (QED) is 0.0416. The molecule has 0 bridgehead atoms. The molecule has 0 radical (unpaired) electrons. The van der Waals surface area contributed by atoms with E-state index in [4.69, 9.17) is 28.4 Å². The van der Waals surface area contributed by atoms with Crippen LogP contribution < -0.4 is 0 Å². The predicted octanol–water partition coefficient (Wildman–Crippen LogP) is 9.77. The van der Waals surface area contributed by atoms with E-state index in [0.717, 1.165) is 77.0 Å². The predicted molar refractivity (Wildman–Crippen MR) is 205 cm³/mol. The molecular weight excluding hydrogens is 696 g/mol. The Hall–Kier alpha value is -3.96. The third-order valence-corrected chi connectivity index (χ3v) is 8.61. The zero-order valence-electron chi connectivity index (χ0n) is 33.9. The standard InChI is InChI=1S/C42H66O12/c1-7-13-19-25-49-37(43)31-32(38(44)50-26-20-14-8-2)34(40(46)52-28-22-16-10-4)36(42(48)54-30-24-18-12-6)35(41(47)53-29-23-17-11-5)33(31)39(45)51-27-21-15-9-3/h7-30H2,1-6H3. The molecule has 0 amide bonds. The molecule has 0 aliphatic carbocycles. The van der Waals surface area contributed by atoms with Crippen molar-refractivity contribution in [3.63, 3.8) is 0 Å². The minimum atomic E-state index is -1.17. The summed E-state index contributed by atoms with van der Waals surface area (Å²) in [5.41, 5.74) is -4.36. The van der Waals surface area contributed by atoms with E-state index < -0.39 is 69.2 Å². The fourth-order valence-corrected chi connectivity index (χ4v) is 5.51. The van der Waals surface area contributed by atoms with Gasteiger partial charge in [-0.2, -0.15) is 0 Å². The topological polar surface area (TPSA) is 158 Å². The smallest absolute Gasteiger partial charge is 0.339 e. The molecule has 12 heteroatoms. The highest BCUT2D eigenvalue weighted by molar-refractivity contribution is 6.24. The highest BCUT2D eigenvalue weighted by atomic mass is 16.6. The van der Waals surface area contributed by atoms with Crippen LogP contribution in [0.3, 0.4) is 0 Å². The Labute approximate surface area is 322 Å². The second kappa shape index (κ2) is 29.4. The Morgan fingerprint density at radius 1 is 0.259 bits per heavy atom. The van der Waals surface area contributed by atoms with Crippen molar-refractivity contribution in [2.24, 2.45) is 0 Å². The van der Waals surface area contributed by atoms with Gasteiger partial charge in [0.2, 0.25) is 0 Å². The van der Waals surface area contributed by atoms with Gasteiger partial charge in [0, 0.05) is 0 Å². The first-order valence-corrected chi connectivity index (χ1v) is 20.4. The van der Waals surface area contributed by atoms with Crippen LogP contribution in [0.4, 0.5) is 0 Å². The number of carbonyl (C=O) groups is 6. The number of rotatable bonds is 30.